The smallest absolute Gasteiger partial charge is 0.243 e. The Kier molecular flexibility index (Phi) is 8.10. The predicted molar refractivity (Wildman–Crippen MR) is 150 cm³/mol. The van der Waals surface area contributed by atoms with Gasteiger partial charge in [0.05, 0.1) is 4.90 Å². The Morgan fingerprint density at radius 2 is 1.80 bits per heavy atom. The van der Waals surface area contributed by atoms with Crippen LogP contribution in [0.3, 0.4) is 0 Å². The van der Waals surface area contributed by atoms with E-state index in [1.807, 2.05) is 17.8 Å². The number of anilines is 4. The molecule has 0 aliphatic carbocycles. The summed E-state index contributed by atoms with van der Waals surface area (Å²) in [7, 11) is -0.0513. The van der Waals surface area contributed by atoms with E-state index >= 15 is 0 Å². The van der Waals surface area contributed by atoms with Gasteiger partial charge in [-0.15, -0.1) is 0 Å². The molecule has 210 valence electrons. The second-order valence-corrected chi connectivity index (χ2v) is 11.9. The Bertz CT molecular complexity index is 1580. The fourth-order valence-electron chi connectivity index (χ4n) is 4.80. The third kappa shape index (κ3) is 6.46. The monoisotopic (exact) mass is 567 g/mol. The van der Waals surface area contributed by atoms with Gasteiger partial charge < -0.3 is 15.2 Å². The number of halogens is 2. The molecule has 5 rings (SSSR count). The molecule has 40 heavy (non-hydrogen) atoms. The number of aryl methyl sites for hydroxylation is 1. The van der Waals surface area contributed by atoms with Gasteiger partial charge in [0.15, 0.2) is 11.6 Å². The van der Waals surface area contributed by atoms with Crippen molar-refractivity contribution in [2.45, 2.75) is 30.3 Å². The van der Waals surface area contributed by atoms with Crippen molar-refractivity contribution in [1.29, 1.82) is 0 Å². The highest BCUT2D eigenvalue weighted by molar-refractivity contribution is 7.89. The van der Waals surface area contributed by atoms with Crippen LogP contribution in [0.15, 0.2) is 78.1 Å². The average Bonchev–Trinajstić information content (AvgIpc) is 3.35. The molecule has 2 N–H and O–H groups in total. The van der Waals surface area contributed by atoms with Crippen molar-refractivity contribution >= 4 is 33.2 Å². The zero-order chi connectivity index (χ0) is 28.3. The van der Waals surface area contributed by atoms with Crippen molar-refractivity contribution < 1.29 is 17.2 Å². The SMILES string of the molecule is CN(C1CCCN(Cc2ccn(C)c2)C1)S(=O)(=O)c1ccc(Nc2nccc(Nc3ccc(F)c(F)c3)n2)cc1. The van der Waals surface area contributed by atoms with Crippen molar-refractivity contribution in [3.8, 4) is 0 Å². The Morgan fingerprint density at radius 3 is 2.52 bits per heavy atom. The Morgan fingerprint density at radius 1 is 1.02 bits per heavy atom. The molecule has 0 amide bonds. The van der Waals surface area contributed by atoms with Gasteiger partial charge in [-0.3, -0.25) is 4.90 Å². The van der Waals surface area contributed by atoms with E-state index in [1.165, 1.54) is 22.1 Å². The molecule has 9 nitrogen and oxygen atoms in total. The van der Waals surface area contributed by atoms with Crippen molar-refractivity contribution in [2.24, 2.45) is 7.05 Å². The lowest BCUT2D eigenvalue weighted by atomic mass is 10.1. The number of likely N-dealkylation sites (tertiary alicyclic amines) is 1. The first-order valence-corrected chi connectivity index (χ1v) is 14.3. The molecular formula is C28H31F2N7O2S. The van der Waals surface area contributed by atoms with Crippen LogP contribution >= 0.6 is 0 Å². The van der Waals surface area contributed by atoms with E-state index in [0.717, 1.165) is 38.1 Å². The molecule has 1 atom stereocenters. The molecule has 1 aliphatic rings. The van der Waals surface area contributed by atoms with Crippen molar-refractivity contribution in [1.82, 2.24) is 23.7 Å². The highest BCUT2D eigenvalue weighted by Gasteiger charge is 2.31. The third-order valence-electron chi connectivity index (χ3n) is 6.93. The van der Waals surface area contributed by atoms with Crippen LogP contribution in [0.2, 0.25) is 0 Å². The summed E-state index contributed by atoms with van der Waals surface area (Å²) in [4.78, 5) is 11.0. The number of nitrogens with zero attached hydrogens (tertiary/aromatic N) is 5. The standard InChI is InChI=1S/C28H31F2N7O2S/c1-35-15-12-20(17-35)18-37-14-3-4-23(19-37)36(2)40(38,39)24-8-5-21(6-9-24)33-28-31-13-11-27(34-28)32-22-7-10-25(29)26(30)16-22/h5-13,15-17,23H,3-4,14,18-19H2,1-2H3,(H2,31,32,33,34). The van der Waals surface area contributed by atoms with Gasteiger partial charge >= 0.3 is 0 Å². The fourth-order valence-corrected chi connectivity index (χ4v) is 6.17. The normalized spacial score (nSPS) is 16.3. The highest BCUT2D eigenvalue weighted by Crippen LogP contribution is 2.25. The Labute approximate surface area is 232 Å². The third-order valence-corrected chi connectivity index (χ3v) is 8.85. The van der Waals surface area contributed by atoms with E-state index in [1.54, 1.807) is 37.4 Å². The van der Waals surface area contributed by atoms with Crippen LogP contribution in [0.25, 0.3) is 0 Å². The first-order valence-electron chi connectivity index (χ1n) is 12.9. The molecule has 1 unspecified atom stereocenters. The van der Waals surface area contributed by atoms with Gasteiger partial charge in [0.25, 0.3) is 0 Å². The largest absolute Gasteiger partial charge is 0.357 e. The topological polar surface area (TPSA) is 95.4 Å². The van der Waals surface area contributed by atoms with Gasteiger partial charge in [-0.05, 0) is 73.5 Å². The fraction of sp³-hybridized carbons (Fsp3) is 0.286. The van der Waals surface area contributed by atoms with Crippen molar-refractivity contribution in [3.63, 3.8) is 0 Å². The molecule has 4 aromatic rings. The minimum atomic E-state index is -3.69. The lowest BCUT2D eigenvalue weighted by Crippen LogP contribution is -2.48. The maximum Gasteiger partial charge on any atom is 0.243 e. The van der Waals surface area contributed by atoms with Gasteiger partial charge in [0.2, 0.25) is 16.0 Å². The highest BCUT2D eigenvalue weighted by atomic mass is 32.2. The number of piperidine rings is 1. The molecule has 3 heterocycles. The summed E-state index contributed by atoms with van der Waals surface area (Å²) in [6.07, 6.45) is 7.36. The van der Waals surface area contributed by atoms with Crippen LogP contribution in [0.4, 0.5) is 31.9 Å². The van der Waals surface area contributed by atoms with E-state index in [0.29, 0.717) is 23.7 Å². The predicted octanol–water partition coefficient (Wildman–Crippen LogP) is 4.87. The number of aromatic nitrogens is 3. The van der Waals surface area contributed by atoms with Gasteiger partial charge in [-0.1, -0.05) is 0 Å². The molecule has 0 saturated carbocycles. The van der Waals surface area contributed by atoms with Crippen LogP contribution in [-0.2, 0) is 23.6 Å². The summed E-state index contributed by atoms with van der Waals surface area (Å²) < 4.78 is 57.1. The summed E-state index contributed by atoms with van der Waals surface area (Å²) in [6, 6.07) is 13.5. The van der Waals surface area contributed by atoms with E-state index in [9.17, 15) is 17.2 Å². The lowest BCUT2D eigenvalue weighted by Gasteiger charge is -2.37. The number of benzene rings is 2. The number of hydrogen-bond donors (Lipinski definition) is 2. The van der Waals surface area contributed by atoms with Gasteiger partial charge in [-0.2, -0.15) is 9.29 Å². The van der Waals surface area contributed by atoms with E-state index in [4.69, 9.17) is 0 Å². The van der Waals surface area contributed by atoms with Gasteiger partial charge in [0, 0.05) is 69.3 Å². The summed E-state index contributed by atoms with van der Waals surface area (Å²) in [5.41, 5.74) is 2.15. The van der Waals surface area contributed by atoms with Gasteiger partial charge in [0.1, 0.15) is 5.82 Å². The van der Waals surface area contributed by atoms with Crippen molar-refractivity contribution in [2.75, 3.05) is 30.8 Å². The maximum absolute atomic E-state index is 13.5. The molecule has 0 radical (unpaired) electrons. The number of hydrogen-bond acceptors (Lipinski definition) is 7. The van der Waals surface area contributed by atoms with Crippen LogP contribution in [0.1, 0.15) is 18.4 Å². The second-order valence-electron chi connectivity index (χ2n) is 9.91. The molecule has 2 aromatic carbocycles. The molecule has 0 spiro atoms. The molecule has 1 saturated heterocycles. The summed E-state index contributed by atoms with van der Waals surface area (Å²) in [5, 5.41) is 5.94. The Hall–Kier alpha value is -3.87. The number of rotatable bonds is 9. The minimum absolute atomic E-state index is 0.113. The quantitative estimate of drug-likeness (QED) is 0.298. The first-order chi connectivity index (χ1) is 19.2. The summed E-state index contributed by atoms with van der Waals surface area (Å²) >= 11 is 0. The molecule has 1 aliphatic heterocycles. The average molecular weight is 568 g/mol. The van der Waals surface area contributed by atoms with E-state index < -0.39 is 21.7 Å². The molecule has 0 bridgehead atoms. The molecule has 12 heteroatoms. The Balaban J connectivity index is 1.22. The minimum Gasteiger partial charge on any atom is -0.357 e. The summed E-state index contributed by atoms with van der Waals surface area (Å²) in [5.74, 6) is -1.28. The second kappa shape index (κ2) is 11.7. The van der Waals surface area contributed by atoms with E-state index in [2.05, 4.69) is 37.8 Å². The zero-order valence-corrected chi connectivity index (χ0v) is 23.1. The number of nitrogens with one attached hydrogen (secondary N) is 2. The van der Waals surface area contributed by atoms with Crippen molar-refractivity contribution in [3.05, 3.63) is 90.4 Å². The molecule has 1 fully saturated rings. The van der Waals surface area contributed by atoms with Crippen LogP contribution in [0.5, 0.6) is 0 Å². The molecular weight excluding hydrogens is 536 g/mol. The molecule has 2 aromatic heterocycles. The maximum atomic E-state index is 13.5. The van der Waals surface area contributed by atoms with Crippen LogP contribution < -0.4 is 10.6 Å². The number of likely N-dealkylation sites (N-methyl/N-ethyl adjacent to an activating group) is 1. The zero-order valence-electron chi connectivity index (χ0n) is 22.3. The lowest BCUT2D eigenvalue weighted by molar-refractivity contribution is 0.153. The summed E-state index contributed by atoms with van der Waals surface area (Å²) in [6.45, 7) is 2.42. The van der Waals surface area contributed by atoms with Crippen LogP contribution in [-0.4, -0.2) is 58.3 Å². The number of sulfonamides is 1. The van der Waals surface area contributed by atoms with E-state index in [-0.39, 0.29) is 16.9 Å². The van der Waals surface area contributed by atoms with Crippen LogP contribution in [0, 0.1) is 11.6 Å². The van der Waals surface area contributed by atoms with Gasteiger partial charge in [-0.25, -0.2) is 22.2 Å². The first kappa shape index (κ1) is 27.7.